The van der Waals surface area contributed by atoms with Crippen LogP contribution < -0.4 is 14.8 Å². The maximum absolute atomic E-state index is 12.7. The Bertz CT molecular complexity index is 1090. The van der Waals surface area contributed by atoms with Gasteiger partial charge in [0, 0.05) is 24.7 Å². The molecule has 1 aliphatic heterocycles. The third kappa shape index (κ3) is 6.42. The fraction of sp³-hybridized carbons (Fsp3) is 0.174. The molecule has 0 bridgehead atoms. The predicted octanol–water partition coefficient (Wildman–Crippen LogP) is 4.16. The first-order valence-corrected chi connectivity index (χ1v) is 10.6. The summed E-state index contributed by atoms with van der Waals surface area (Å²) in [4.78, 5) is 38.2. The largest absolute Gasteiger partial charge is 0.493 e. The van der Waals surface area contributed by atoms with Crippen molar-refractivity contribution >= 4 is 41.0 Å². The summed E-state index contributed by atoms with van der Waals surface area (Å²) in [5.41, 5.74) is 1.02. The summed E-state index contributed by atoms with van der Waals surface area (Å²) in [6.07, 6.45) is 4.08. The fourth-order valence-electron chi connectivity index (χ4n) is 2.95. The van der Waals surface area contributed by atoms with Gasteiger partial charge in [0.05, 0.1) is 12.0 Å². The van der Waals surface area contributed by atoms with Crippen molar-refractivity contribution in [2.24, 2.45) is 0 Å². The summed E-state index contributed by atoms with van der Waals surface area (Å²) in [5, 5.41) is 2.13. The van der Waals surface area contributed by atoms with Crippen LogP contribution in [-0.2, 0) is 9.59 Å². The summed E-state index contributed by atoms with van der Waals surface area (Å²) in [7, 11) is 1.31. The number of nitrogens with zero attached hydrogens (tertiary/aromatic N) is 1. The van der Waals surface area contributed by atoms with Gasteiger partial charge in [0.2, 0.25) is 5.91 Å². The molecule has 1 fully saturated rings. The molecule has 0 atom stereocenters. The Kier molecular flexibility index (Phi) is 8.20. The smallest absolute Gasteiger partial charge is 0.387 e. The Labute approximate surface area is 193 Å². The van der Waals surface area contributed by atoms with E-state index in [0.29, 0.717) is 4.91 Å². The first kappa shape index (κ1) is 24.0. The number of carbonyl (C=O) groups excluding carboxylic acids is 3. The molecule has 172 valence electrons. The van der Waals surface area contributed by atoms with Gasteiger partial charge in [0.25, 0.3) is 11.1 Å². The van der Waals surface area contributed by atoms with Crippen LogP contribution in [0.15, 0.2) is 59.5 Å². The molecule has 1 saturated heterocycles. The number of imide groups is 1. The molecule has 0 spiro atoms. The van der Waals surface area contributed by atoms with Crippen LogP contribution in [0.25, 0.3) is 12.2 Å². The van der Waals surface area contributed by atoms with Gasteiger partial charge in [-0.05, 0) is 35.5 Å². The number of rotatable bonds is 9. The lowest BCUT2D eigenvalue weighted by Gasteiger charge is -2.13. The molecule has 3 rings (SSSR count). The third-order valence-electron chi connectivity index (χ3n) is 4.46. The van der Waals surface area contributed by atoms with Gasteiger partial charge in [-0.25, -0.2) is 0 Å². The molecule has 0 saturated carbocycles. The second-order valence-corrected chi connectivity index (χ2v) is 7.62. The average molecular weight is 474 g/mol. The maximum atomic E-state index is 12.7. The van der Waals surface area contributed by atoms with Crippen LogP contribution in [0.1, 0.15) is 11.1 Å². The first-order chi connectivity index (χ1) is 15.9. The van der Waals surface area contributed by atoms with Crippen LogP contribution in [0, 0.1) is 0 Å². The number of alkyl halides is 2. The number of carbonyl (C=O) groups is 3. The molecule has 0 radical (unpaired) electrons. The van der Waals surface area contributed by atoms with E-state index >= 15 is 0 Å². The number of para-hydroxylation sites is 1. The minimum atomic E-state index is -3.06. The van der Waals surface area contributed by atoms with E-state index in [2.05, 4.69) is 10.1 Å². The molecule has 3 amide bonds. The van der Waals surface area contributed by atoms with Crippen LogP contribution >= 0.6 is 11.8 Å². The summed E-state index contributed by atoms with van der Waals surface area (Å²) < 4.78 is 34.9. The summed E-state index contributed by atoms with van der Waals surface area (Å²) >= 11 is 0.838. The SMILES string of the molecule is COc1cccc(/C=C/C(=O)NCCN2C(=O)S/C(=C\c3ccccc3)C2=O)c1OC(F)F. The van der Waals surface area contributed by atoms with E-state index in [0.717, 1.165) is 28.3 Å². The zero-order chi connectivity index (χ0) is 23.8. The third-order valence-corrected chi connectivity index (χ3v) is 5.36. The van der Waals surface area contributed by atoms with E-state index in [4.69, 9.17) is 4.74 Å². The molecule has 33 heavy (non-hydrogen) atoms. The Morgan fingerprint density at radius 3 is 2.61 bits per heavy atom. The second kappa shape index (κ2) is 11.3. The molecule has 1 N–H and O–H groups in total. The number of methoxy groups -OCH3 is 1. The predicted molar refractivity (Wildman–Crippen MR) is 121 cm³/mol. The summed E-state index contributed by atoms with van der Waals surface area (Å²) in [6.45, 7) is -3.04. The van der Waals surface area contributed by atoms with Crippen LogP contribution in [0.4, 0.5) is 13.6 Å². The molecule has 1 heterocycles. The van der Waals surface area contributed by atoms with E-state index in [1.165, 1.54) is 25.3 Å². The molecule has 2 aromatic carbocycles. The van der Waals surface area contributed by atoms with Crippen molar-refractivity contribution in [3.8, 4) is 11.5 Å². The lowest BCUT2D eigenvalue weighted by Crippen LogP contribution is -2.36. The van der Waals surface area contributed by atoms with Gasteiger partial charge in [0.1, 0.15) is 0 Å². The Morgan fingerprint density at radius 1 is 1.15 bits per heavy atom. The van der Waals surface area contributed by atoms with Crippen LogP contribution in [0.3, 0.4) is 0 Å². The number of amides is 3. The Balaban J connectivity index is 1.57. The van der Waals surface area contributed by atoms with Crippen molar-refractivity contribution < 1.29 is 32.6 Å². The molecule has 2 aromatic rings. The van der Waals surface area contributed by atoms with Gasteiger partial charge < -0.3 is 14.8 Å². The van der Waals surface area contributed by atoms with Crippen LogP contribution in [-0.4, -0.2) is 48.8 Å². The van der Waals surface area contributed by atoms with E-state index < -0.39 is 23.7 Å². The number of ether oxygens (including phenoxy) is 2. The highest BCUT2D eigenvalue weighted by molar-refractivity contribution is 8.18. The van der Waals surface area contributed by atoms with E-state index in [1.807, 2.05) is 30.3 Å². The average Bonchev–Trinajstić information content (AvgIpc) is 3.06. The number of hydrogen-bond acceptors (Lipinski definition) is 6. The number of thioether (sulfide) groups is 1. The van der Waals surface area contributed by atoms with Gasteiger partial charge in [-0.2, -0.15) is 8.78 Å². The van der Waals surface area contributed by atoms with Crippen molar-refractivity contribution in [1.82, 2.24) is 10.2 Å². The topological polar surface area (TPSA) is 84.9 Å². The highest BCUT2D eigenvalue weighted by Gasteiger charge is 2.34. The maximum Gasteiger partial charge on any atom is 0.387 e. The number of halogens is 2. The van der Waals surface area contributed by atoms with E-state index in [1.54, 1.807) is 12.1 Å². The molecule has 0 unspecified atom stereocenters. The molecule has 0 aliphatic carbocycles. The van der Waals surface area contributed by atoms with Crippen LogP contribution in [0.2, 0.25) is 0 Å². The molecular formula is C23H20F2N2O5S. The first-order valence-electron chi connectivity index (χ1n) is 9.77. The van der Waals surface area contributed by atoms with Crippen molar-refractivity contribution in [1.29, 1.82) is 0 Å². The minimum Gasteiger partial charge on any atom is -0.493 e. The summed E-state index contributed by atoms with van der Waals surface area (Å²) in [5.74, 6) is -1.06. The van der Waals surface area contributed by atoms with E-state index in [-0.39, 0.29) is 30.2 Å². The summed E-state index contributed by atoms with van der Waals surface area (Å²) in [6, 6.07) is 13.7. The van der Waals surface area contributed by atoms with Crippen LogP contribution in [0.5, 0.6) is 11.5 Å². The van der Waals surface area contributed by atoms with Gasteiger partial charge in [0.15, 0.2) is 11.5 Å². The number of nitrogens with one attached hydrogen (secondary N) is 1. The molecule has 1 aliphatic rings. The lowest BCUT2D eigenvalue weighted by molar-refractivity contribution is -0.123. The van der Waals surface area contributed by atoms with Gasteiger partial charge >= 0.3 is 6.61 Å². The van der Waals surface area contributed by atoms with Crippen molar-refractivity contribution in [2.75, 3.05) is 20.2 Å². The highest BCUT2D eigenvalue weighted by atomic mass is 32.2. The Hall–Kier alpha value is -3.66. The molecular weight excluding hydrogens is 454 g/mol. The number of hydrogen-bond donors (Lipinski definition) is 1. The quantitative estimate of drug-likeness (QED) is 0.550. The van der Waals surface area contributed by atoms with Crippen molar-refractivity contribution in [3.05, 3.63) is 70.6 Å². The fourth-order valence-corrected chi connectivity index (χ4v) is 3.81. The highest BCUT2D eigenvalue weighted by Crippen LogP contribution is 2.33. The normalized spacial score (nSPS) is 15.0. The monoisotopic (exact) mass is 474 g/mol. The van der Waals surface area contributed by atoms with Gasteiger partial charge in [-0.3, -0.25) is 19.3 Å². The molecule has 7 nitrogen and oxygen atoms in total. The van der Waals surface area contributed by atoms with Crippen molar-refractivity contribution in [3.63, 3.8) is 0 Å². The minimum absolute atomic E-state index is 0.00468. The Morgan fingerprint density at radius 2 is 1.91 bits per heavy atom. The second-order valence-electron chi connectivity index (χ2n) is 6.63. The standard InChI is InChI=1S/C23H20F2N2O5S/c1-31-17-9-5-8-16(20(17)32-22(24)25)10-11-19(28)26-12-13-27-21(29)18(33-23(27)30)14-15-6-3-2-4-7-15/h2-11,14,22H,12-13H2,1H3,(H,26,28)/b11-10+,18-14-. The van der Waals surface area contributed by atoms with E-state index in [9.17, 15) is 23.2 Å². The number of benzene rings is 2. The molecule has 0 aromatic heterocycles. The van der Waals surface area contributed by atoms with Gasteiger partial charge in [-0.15, -0.1) is 0 Å². The molecule has 10 heteroatoms. The lowest BCUT2D eigenvalue weighted by atomic mass is 10.1. The van der Waals surface area contributed by atoms with Crippen molar-refractivity contribution in [2.45, 2.75) is 6.61 Å². The zero-order valence-corrected chi connectivity index (χ0v) is 18.3. The van der Waals surface area contributed by atoms with Gasteiger partial charge in [-0.1, -0.05) is 42.5 Å². The zero-order valence-electron chi connectivity index (χ0n) is 17.5.